The third kappa shape index (κ3) is 2.45. The van der Waals surface area contributed by atoms with E-state index in [2.05, 4.69) is 39.8 Å². The number of hydrogen-bond acceptors (Lipinski definition) is 3. The highest BCUT2D eigenvalue weighted by Gasteiger charge is 2.11. The van der Waals surface area contributed by atoms with Crippen molar-refractivity contribution in [1.82, 2.24) is 14.5 Å². The van der Waals surface area contributed by atoms with Gasteiger partial charge in [0.05, 0.1) is 11.3 Å². The van der Waals surface area contributed by atoms with E-state index in [0.29, 0.717) is 11.3 Å². The minimum Gasteiger partial charge on any atom is -0.345 e. The molecule has 0 fully saturated rings. The summed E-state index contributed by atoms with van der Waals surface area (Å²) >= 11 is 0. The molecule has 5 heteroatoms. The molecule has 0 radical (unpaired) electrons. The van der Waals surface area contributed by atoms with Gasteiger partial charge in [0.1, 0.15) is 6.33 Å². The molecule has 0 saturated heterocycles. The molecule has 1 amide bonds. The third-order valence-corrected chi connectivity index (χ3v) is 3.84. The number of carbonyl (C=O) groups excluding carboxylic acids is 1. The van der Waals surface area contributed by atoms with Crippen LogP contribution in [0.25, 0.3) is 10.9 Å². The average molecular weight is 294 g/mol. The number of benzene rings is 1. The highest BCUT2D eigenvalue weighted by Crippen LogP contribution is 2.23. The van der Waals surface area contributed by atoms with Crippen LogP contribution in [0.5, 0.6) is 0 Å². The molecule has 5 nitrogen and oxygen atoms in total. The zero-order chi connectivity index (χ0) is 15.7. The van der Waals surface area contributed by atoms with Crippen LogP contribution in [-0.4, -0.2) is 20.4 Å². The van der Waals surface area contributed by atoms with Gasteiger partial charge in [-0.25, -0.2) is 9.97 Å². The largest absolute Gasteiger partial charge is 0.345 e. The van der Waals surface area contributed by atoms with Gasteiger partial charge in [0.15, 0.2) is 0 Å². The molecule has 0 saturated carbocycles. The van der Waals surface area contributed by atoms with Gasteiger partial charge in [0.2, 0.25) is 0 Å². The number of carbonyl (C=O) groups is 1. The van der Waals surface area contributed by atoms with Gasteiger partial charge in [-0.2, -0.15) is 0 Å². The SMILES string of the molecule is CCn1c(C)cc2cc(NC(=O)c3cncnc3C)ccc21. The van der Waals surface area contributed by atoms with Crippen LogP contribution >= 0.6 is 0 Å². The summed E-state index contributed by atoms with van der Waals surface area (Å²) in [5.41, 5.74) is 4.32. The minimum atomic E-state index is -0.191. The first-order chi connectivity index (χ1) is 10.6. The molecule has 0 aliphatic carbocycles. The van der Waals surface area contributed by atoms with Crippen molar-refractivity contribution in [2.45, 2.75) is 27.3 Å². The quantitative estimate of drug-likeness (QED) is 0.806. The molecule has 0 atom stereocenters. The molecule has 3 rings (SSSR count). The number of nitrogens with one attached hydrogen (secondary N) is 1. The molecule has 0 aliphatic rings. The predicted octanol–water partition coefficient (Wildman–Crippen LogP) is 3.32. The fourth-order valence-corrected chi connectivity index (χ4v) is 2.72. The molecule has 0 bridgehead atoms. The van der Waals surface area contributed by atoms with Gasteiger partial charge in [-0.1, -0.05) is 0 Å². The molecule has 2 heterocycles. The van der Waals surface area contributed by atoms with Gasteiger partial charge < -0.3 is 9.88 Å². The van der Waals surface area contributed by atoms with Crippen LogP contribution in [0.4, 0.5) is 5.69 Å². The summed E-state index contributed by atoms with van der Waals surface area (Å²) in [7, 11) is 0. The number of hydrogen-bond donors (Lipinski definition) is 1. The van der Waals surface area contributed by atoms with Crippen LogP contribution in [0.2, 0.25) is 0 Å². The molecule has 1 aromatic carbocycles. The summed E-state index contributed by atoms with van der Waals surface area (Å²) in [6.07, 6.45) is 2.97. The monoisotopic (exact) mass is 294 g/mol. The fourth-order valence-electron chi connectivity index (χ4n) is 2.72. The molecule has 2 aromatic heterocycles. The molecule has 0 spiro atoms. The average Bonchev–Trinajstić information content (AvgIpc) is 2.81. The smallest absolute Gasteiger partial charge is 0.259 e. The Hall–Kier alpha value is -2.69. The molecular weight excluding hydrogens is 276 g/mol. The Morgan fingerprint density at radius 3 is 2.82 bits per heavy atom. The summed E-state index contributed by atoms with van der Waals surface area (Å²) in [6.45, 7) is 6.94. The summed E-state index contributed by atoms with van der Waals surface area (Å²) in [6, 6.07) is 8.08. The summed E-state index contributed by atoms with van der Waals surface area (Å²) < 4.78 is 2.25. The van der Waals surface area contributed by atoms with Crippen molar-refractivity contribution in [2.75, 3.05) is 5.32 Å². The maximum absolute atomic E-state index is 12.3. The van der Waals surface area contributed by atoms with E-state index in [-0.39, 0.29) is 5.91 Å². The molecule has 1 N–H and O–H groups in total. The summed E-state index contributed by atoms with van der Waals surface area (Å²) in [5, 5.41) is 4.03. The van der Waals surface area contributed by atoms with E-state index >= 15 is 0 Å². The highest BCUT2D eigenvalue weighted by atomic mass is 16.1. The van der Waals surface area contributed by atoms with E-state index in [9.17, 15) is 4.79 Å². The van der Waals surface area contributed by atoms with Crippen molar-refractivity contribution in [3.8, 4) is 0 Å². The van der Waals surface area contributed by atoms with Gasteiger partial charge >= 0.3 is 0 Å². The molecule has 0 aliphatic heterocycles. The first-order valence-electron chi connectivity index (χ1n) is 7.28. The Bertz CT molecular complexity index is 851. The van der Waals surface area contributed by atoms with E-state index in [1.165, 1.54) is 23.7 Å². The van der Waals surface area contributed by atoms with E-state index in [0.717, 1.165) is 17.6 Å². The number of fused-ring (bicyclic) bond motifs is 1. The van der Waals surface area contributed by atoms with Crippen LogP contribution in [0.1, 0.15) is 28.7 Å². The van der Waals surface area contributed by atoms with Gasteiger partial charge in [0, 0.05) is 35.0 Å². The number of anilines is 1. The van der Waals surface area contributed by atoms with E-state index < -0.39 is 0 Å². The number of rotatable bonds is 3. The maximum Gasteiger partial charge on any atom is 0.259 e. The van der Waals surface area contributed by atoms with Gasteiger partial charge in [-0.3, -0.25) is 4.79 Å². The van der Waals surface area contributed by atoms with Crippen LogP contribution in [-0.2, 0) is 6.54 Å². The second-order valence-electron chi connectivity index (χ2n) is 5.28. The lowest BCUT2D eigenvalue weighted by atomic mass is 10.2. The molecule has 22 heavy (non-hydrogen) atoms. The van der Waals surface area contributed by atoms with Crippen molar-refractivity contribution in [2.24, 2.45) is 0 Å². The van der Waals surface area contributed by atoms with Crippen molar-refractivity contribution in [3.05, 3.63) is 53.7 Å². The van der Waals surface area contributed by atoms with Crippen molar-refractivity contribution in [1.29, 1.82) is 0 Å². The van der Waals surface area contributed by atoms with Crippen molar-refractivity contribution in [3.63, 3.8) is 0 Å². The van der Waals surface area contributed by atoms with Gasteiger partial charge in [-0.05, 0) is 45.0 Å². The predicted molar refractivity (Wildman–Crippen MR) is 87.1 cm³/mol. The first-order valence-corrected chi connectivity index (χ1v) is 7.28. The Kier molecular flexibility index (Phi) is 3.63. The zero-order valence-corrected chi connectivity index (χ0v) is 12.9. The van der Waals surface area contributed by atoms with Crippen LogP contribution in [0.15, 0.2) is 36.8 Å². The standard InChI is InChI=1S/C17H18N4O/c1-4-21-11(2)7-13-8-14(5-6-16(13)21)20-17(22)15-9-18-10-19-12(15)3/h5-10H,4H2,1-3H3,(H,20,22). The van der Waals surface area contributed by atoms with Crippen molar-refractivity contribution < 1.29 is 4.79 Å². The second-order valence-corrected chi connectivity index (χ2v) is 5.28. The Balaban J connectivity index is 1.91. The lowest BCUT2D eigenvalue weighted by Gasteiger charge is -2.08. The third-order valence-electron chi connectivity index (χ3n) is 3.84. The maximum atomic E-state index is 12.3. The number of amides is 1. The molecule has 112 valence electrons. The molecule has 0 unspecified atom stereocenters. The Morgan fingerprint density at radius 1 is 1.27 bits per heavy atom. The fraction of sp³-hybridized carbons (Fsp3) is 0.235. The molecule has 3 aromatic rings. The lowest BCUT2D eigenvalue weighted by Crippen LogP contribution is -2.14. The topological polar surface area (TPSA) is 59.8 Å². The second kappa shape index (κ2) is 5.60. The Morgan fingerprint density at radius 2 is 2.09 bits per heavy atom. The van der Waals surface area contributed by atoms with Gasteiger partial charge in [-0.15, -0.1) is 0 Å². The highest BCUT2D eigenvalue weighted by molar-refractivity contribution is 6.05. The van der Waals surface area contributed by atoms with Crippen LogP contribution < -0.4 is 5.32 Å². The summed E-state index contributed by atoms with van der Waals surface area (Å²) in [5.74, 6) is -0.191. The number of aromatic nitrogens is 3. The summed E-state index contributed by atoms with van der Waals surface area (Å²) in [4.78, 5) is 20.3. The lowest BCUT2D eigenvalue weighted by molar-refractivity contribution is 0.102. The van der Waals surface area contributed by atoms with E-state index in [4.69, 9.17) is 0 Å². The first kappa shape index (κ1) is 14.3. The van der Waals surface area contributed by atoms with Gasteiger partial charge in [0.25, 0.3) is 5.91 Å². The number of aryl methyl sites for hydroxylation is 3. The molecular formula is C17H18N4O. The minimum absolute atomic E-state index is 0.191. The van der Waals surface area contributed by atoms with Crippen LogP contribution in [0.3, 0.4) is 0 Å². The normalized spacial score (nSPS) is 10.9. The van der Waals surface area contributed by atoms with Crippen LogP contribution in [0, 0.1) is 13.8 Å². The zero-order valence-electron chi connectivity index (χ0n) is 12.9. The number of nitrogens with zero attached hydrogens (tertiary/aromatic N) is 3. The van der Waals surface area contributed by atoms with E-state index in [1.807, 2.05) is 18.2 Å². The van der Waals surface area contributed by atoms with Crippen molar-refractivity contribution >= 4 is 22.5 Å². The van der Waals surface area contributed by atoms with E-state index in [1.54, 1.807) is 6.92 Å². The Labute approximate surface area is 129 Å².